The quantitative estimate of drug-likeness (QED) is 0.849. The van der Waals surface area contributed by atoms with Crippen molar-refractivity contribution >= 4 is 5.91 Å². The van der Waals surface area contributed by atoms with Crippen molar-refractivity contribution in [2.24, 2.45) is 0 Å². The van der Waals surface area contributed by atoms with Crippen molar-refractivity contribution in [2.45, 2.75) is 26.9 Å². The van der Waals surface area contributed by atoms with Gasteiger partial charge in [0.2, 0.25) is 5.43 Å². The second-order valence-electron chi connectivity index (χ2n) is 5.44. The summed E-state index contributed by atoms with van der Waals surface area (Å²) in [4.78, 5) is 26.0. The minimum atomic E-state index is -4.50. The molecule has 8 heteroatoms. The van der Waals surface area contributed by atoms with Gasteiger partial charge in [-0.15, -0.1) is 0 Å². The van der Waals surface area contributed by atoms with E-state index < -0.39 is 23.1 Å². The van der Waals surface area contributed by atoms with Crippen LogP contribution in [-0.2, 0) is 6.18 Å². The maximum Gasteiger partial charge on any atom is 0.416 e. The molecular weight excluding hydrogens is 335 g/mol. The molecule has 1 aromatic carbocycles. The van der Waals surface area contributed by atoms with Gasteiger partial charge in [-0.25, -0.2) is 4.68 Å². The van der Waals surface area contributed by atoms with Crippen LogP contribution in [0.1, 0.15) is 35.6 Å². The Morgan fingerprint density at radius 2 is 1.84 bits per heavy atom. The van der Waals surface area contributed by atoms with Crippen LogP contribution in [0.4, 0.5) is 13.2 Å². The second kappa shape index (κ2) is 7.08. The molecule has 0 spiro atoms. The number of nitrogens with zero attached hydrogens (tertiary/aromatic N) is 3. The minimum Gasteiger partial charge on any atom is -0.338 e. The molecule has 0 radical (unpaired) electrons. The van der Waals surface area contributed by atoms with E-state index in [4.69, 9.17) is 0 Å². The largest absolute Gasteiger partial charge is 0.416 e. The highest BCUT2D eigenvalue weighted by molar-refractivity contribution is 5.92. The van der Waals surface area contributed by atoms with E-state index in [9.17, 15) is 22.8 Å². The van der Waals surface area contributed by atoms with Gasteiger partial charge in [0.05, 0.1) is 11.3 Å². The zero-order chi connectivity index (χ0) is 18.8. The molecule has 0 unspecified atom stereocenters. The number of hydrogen-bond acceptors (Lipinski definition) is 3. The van der Waals surface area contributed by atoms with E-state index in [1.54, 1.807) is 20.8 Å². The lowest BCUT2D eigenvalue weighted by atomic mass is 10.2. The number of carbonyl (C=O) groups is 1. The highest BCUT2D eigenvalue weighted by atomic mass is 19.4. The highest BCUT2D eigenvalue weighted by Crippen LogP contribution is 2.30. The predicted molar refractivity (Wildman–Crippen MR) is 86.8 cm³/mol. The van der Waals surface area contributed by atoms with Crippen molar-refractivity contribution in [1.82, 2.24) is 14.7 Å². The fourth-order valence-electron chi connectivity index (χ4n) is 2.43. The Morgan fingerprint density at radius 3 is 2.40 bits per heavy atom. The zero-order valence-corrected chi connectivity index (χ0v) is 14.1. The van der Waals surface area contributed by atoms with E-state index in [0.29, 0.717) is 18.8 Å². The first kappa shape index (κ1) is 18.7. The fourth-order valence-corrected chi connectivity index (χ4v) is 2.43. The number of hydrogen-bond donors (Lipinski definition) is 0. The maximum atomic E-state index is 12.9. The maximum absolute atomic E-state index is 12.9. The van der Waals surface area contributed by atoms with Crippen LogP contribution in [0.3, 0.4) is 0 Å². The molecule has 25 heavy (non-hydrogen) atoms. The van der Waals surface area contributed by atoms with E-state index in [0.717, 1.165) is 12.1 Å². The van der Waals surface area contributed by atoms with Gasteiger partial charge in [-0.1, -0.05) is 6.07 Å². The highest BCUT2D eigenvalue weighted by Gasteiger charge is 2.30. The predicted octanol–water partition coefficient (Wildman–Crippen LogP) is 3.04. The number of benzene rings is 1. The van der Waals surface area contributed by atoms with Crippen molar-refractivity contribution in [1.29, 1.82) is 0 Å². The summed E-state index contributed by atoms with van der Waals surface area (Å²) in [5.74, 6) is -0.546. The Kier molecular flexibility index (Phi) is 5.30. The lowest BCUT2D eigenvalue weighted by Crippen LogP contribution is -2.36. The molecule has 134 valence electrons. The van der Waals surface area contributed by atoms with Crippen molar-refractivity contribution in [3.63, 3.8) is 0 Å². The SMILES string of the molecule is CCN(CC)C(=O)c1nn(-c2cccc(C(F)(F)F)c2)c(C)cc1=O. The number of aryl methyl sites for hydroxylation is 1. The van der Waals surface area contributed by atoms with Gasteiger partial charge in [-0.05, 0) is 39.0 Å². The van der Waals surface area contributed by atoms with Crippen LogP contribution in [0.15, 0.2) is 35.1 Å². The normalized spacial score (nSPS) is 11.4. The number of aromatic nitrogens is 2. The number of halogens is 3. The molecule has 0 aliphatic heterocycles. The average Bonchev–Trinajstić information content (AvgIpc) is 2.55. The zero-order valence-electron chi connectivity index (χ0n) is 14.1. The molecule has 1 amide bonds. The standard InChI is InChI=1S/C17H18F3N3O2/c1-4-22(5-2)16(25)15-14(24)9-11(3)23(21-15)13-8-6-7-12(10-13)17(18,19)20/h6-10H,4-5H2,1-3H3. The molecule has 2 aromatic rings. The summed E-state index contributed by atoms with van der Waals surface area (Å²) in [5, 5.41) is 4.03. The monoisotopic (exact) mass is 353 g/mol. The van der Waals surface area contributed by atoms with Crippen molar-refractivity contribution in [3.8, 4) is 5.69 Å². The van der Waals surface area contributed by atoms with Crippen LogP contribution in [0, 0.1) is 6.92 Å². The summed E-state index contributed by atoms with van der Waals surface area (Å²) in [6.45, 7) is 5.87. The average molecular weight is 353 g/mol. The van der Waals surface area contributed by atoms with Crippen molar-refractivity contribution < 1.29 is 18.0 Å². The lowest BCUT2D eigenvalue weighted by Gasteiger charge is -2.19. The molecule has 0 saturated heterocycles. The van der Waals surface area contributed by atoms with Crippen LogP contribution in [0.2, 0.25) is 0 Å². The smallest absolute Gasteiger partial charge is 0.338 e. The van der Waals surface area contributed by atoms with Crippen LogP contribution < -0.4 is 5.43 Å². The molecule has 1 aromatic heterocycles. The van der Waals surface area contributed by atoms with E-state index in [1.165, 1.54) is 27.8 Å². The first-order valence-corrected chi connectivity index (χ1v) is 7.77. The third-order valence-corrected chi connectivity index (χ3v) is 3.78. The minimum absolute atomic E-state index is 0.126. The van der Waals surface area contributed by atoms with Gasteiger partial charge >= 0.3 is 6.18 Å². The molecule has 0 saturated carbocycles. The van der Waals surface area contributed by atoms with Crippen LogP contribution in [0.5, 0.6) is 0 Å². The molecule has 0 fully saturated rings. The van der Waals surface area contributed by atoms with Gasteiger partial charge in [0, 0.05) is 24.8 Å². The Bertz CT molecular complexity index is 840. The number of amides is 1. The topological polar surface area (TPSA) is 55.2 Å². The van der Waals surface area contributed by atoms with Crippen LogP contribution in [0.25, 0.3) is 5.69 Å². The van der Waals surface area contributed by atoms with Crippen LogP contribution in [-0.4, -0.2) is 33.7 Å². The molecule has 0 aliphatic rings. The Balaban J connectivity index is 2.59. The van der Waals surface area contributed by atoms with E-state index >= 15 is 0 Å². The molecule has 0 N–H and O–H groups in total. The summed E-state index contributed by atoms with van der Waals surface area (Å²) in [7, 11) is 0. The summed E-state index contributed by atoms with van der Waals surface area (Å²) in [6, 6.07) is 5.76. The molecule has 0 bridgehead atoms. The molecular formula is C17H18F3N3O2. The fraction of sp³-hybridized carbons (Fsp3) is 0.353. The second-order valence-corrected chi connectivity index (χ2v) is 5.44. The first-order valence-electron chi connectivity index (χ1n) is 7.77. The van der Waals surface area contributed by atoms with Crippen molar-refractivity contribution in [3.05, 3.63) is 57.5 Å². The summed E-state index contributed by atoms with van der Waals surface area (Å²) in [6.07, 6.45) is -4.50. The summed E-state index contributed by atoms with van der Waals surface area (Å²) >= 11 is 0. The number of carbonyl (C=O) groups excluding carboxylic acids is 1. The molecule has 0 atom stereocenters. The van der Waals surface area contributed by atoms with E-state index in [1.807, 2.05) is 0 Å². The van der Waals surface area contributed by atoms with E-state index in [2.05, 4.69) is 5.10 Å². The molecule has 2 rings (SSSR count). The first-order chi connectivity index (χ1) is 11.7. The Hall–Kier alpha value is -2.64. The number of rotatable bonds is 4. The van der Waals surface area contributed by atoms with Crippen LogP contribution >= 0.6 is 0 Å². The molecule has 0 aliphatic carbocycles. The Labute approximate surface area is 142 Å². The van der Waals surface area contributed by atoms with Gasteiger partial charge in [0.1, 0.15) is 0 Å². The third-order valence-electron chi connectivity index (χ3n) is 3.78. The van der Waals surface area contributed by atoms with Gasteiger partial charge in [-0.3, -0.25) is 9.59 Å². The van der Waals surface area contributed by atoms with Gasteiger partial charge < -0.3 is 4.90 Å². The molecule has 5 nitrogen and oxygen atoms in total. The summed E-state index contributed by atoms with van der Waals surface area (Å²) < 4.78 is 39.9. The lowest BCUT2D eigenvalue weighted by molar-refractivity contribution is -0.137. The van der Waals surface area contributed by atoms with Gasteiger partial charge in [0.25, 0.3) is 5.91 Å². The van der Waals surface area contributed by atoms with Gasteiger partial charge in [0.15, 0.2) is 5.69 Å². The summed E-state index contributed by atoms with van der Waals surface area (Å²) in [5.41, 5.74) is -1.24. The third kappa shape index (κ3) is 3.89. The Morgan fingerprint density at radius 1 is 1.20 bits per heavy atom. The van der Waals surface area contributed by atoms with E-state index in [-0.39, 0.29) is 11.4 Å². The van der Waals surface area contributed by atoms with Gasteiger partial charge in [-0.2, -0.15) is 18.3 Å². The van der Waals surface area contributed by atoms with Crippen molar-refractivity contribution in [2.75, 3.05) is 13.1 Å². The number of alkyl halides is 3. The molecule has 1 heterocycles.